The zero-order valence-electron chi connectivity index (χ0n) is 8.95. The summed E-state index contributed by atoms with van der Waals surface area (Å²) >= 11 is 3.47. The van der Waals surface area contributed by atoms with Crippen LogP contribution in [0.4, 0.5) is 0 Å². The van der Waals surface area contributed by atoms with Gasteiger partial charge in [-0.05, 0) is 25.7 Å². The highest BCUT2D eigenvalue weighted by atomic mass is 79.9. The van der Waals surface area contributed by atoms with E-state index in [-0.39, 0.29) is 12.0 Å². The third kappa shape index (κ3) is 2.72. The molecule has 0 aromatic rings. The summed E-state index contributed by atoms with van der Waals surface area (Å²) in [5.74, 6) is 0.281. The lowest BCUT2D eigenvalue weighted by Crippen LogP contribution is -2.38. The molecule has 0 aromatic carbocycles. The molecule has 2 heterocycles. The normalized spacial score (nSPS) is 31.1. The molecule has 86 valence electrons. The Morgan fingerprint density at radius 1 is 1.40 bits per heavy atom. The average Bonchev–Trinajstić information content (AvgIpc) is 2.86. The molecule has 15 heavy (non-hydrogen) atoms. The fraction of sp³-hybridized carbons (Fsp3) is 0.909. The number of amides is 1. The average molecular weight is 276 g/mol. The van der Waals surface area contributed by atoms with Gasteiger partial charge in [0, 0.05) is 24.5 Å². The Morgan fingerprint density at radius 3 is 2.93 bits per heavy atom. The van der Waals surface area contributed by atoms with Gasteiger partial charge in [0.15, 0.2) is 0 Å². The van der Waals surface area contributed by atoms with E-state index in [2.05, 4.69) is 15.9 Å². The number of nitrogens with zero attached hydrogens (tertiary/aromatic N) is 1. The van der Waals surface area contributed by atoms with Gasteiger partial charge in [0.25, 0.3) is 0 Å². The minimum Gasteiger partial charge on any atom is -0.378 e. The predicted molar refractivity (Wildman–Crippen MR) is 62.1 cm³/mol. The first-order valence-corrected chi connectivity index (χ1v) is 6.90. The standard InChI is InChI=1S/C11H18BrNO2/c12-8-9-3-1-5-13(9)11(14)7-10-4-2-6-15-10/h9-10H,1-8H2. The van der Waals surface area contributed by atoms with Crippen molar-refractivity contribution in [3.8, 4) is 0 Å². The lowest BCUT2D eigenvalue weighted by atomic mass is 10.1. The summed E-state index contributed by atoms with van der Waals surface area (Å²) in [4.78, 5) is 14.0. The number of carbonyl (C=O) groups excluding carboxylic acids is 1. The zero-order valence-corrected chi connectivity index (χ0v) is 10.5. The number of hydrogen-bond acceptors (Lipinski definition) is 2. The Balaban J connectivity index is 1.83. The van der Waals surface area contributed by atoms with Gasteiger partial charge in [-0.3, -0.25) is 4.79 Å². The topological polar surface area (TPSA) is 29.5 Å². The number of ether oxygens (including phenoxy) is 1. The summed E-state index contributed by atoms with van der Waals surface area (Å²) in [7, 11) is 0. The minimum absolute atomic E-state index is 0.189. The van der Waals surface area contributed by atoms with E-state index >= 15 is 0 Å². The first kappa shape index (κ1) is 11.4. The van der Waals surface area contributed by atoms with Crippen molar-refractivity contribution in [2.45, 2.75) is 44.2 Å². The molecular weight excluding hydrogens is 258 g/mol. The number of rotatable bonds is 3. The Hall–Kier alpha value is -0.0900. The van der Waals surface area contributed by atoms with Crippen molar-refractivity contribution in [2.75, 3.05) is 18.5 Å². The van der Waals surface area contributed by atoms with Crippen LogP contribution in [0, 0.1) is 0 Å². The summed E-state index contributed by atoms with van der Waals surface area (Å²) in [5.41, 5.74) is 0. The van der Waals surface area contributed by atoms with E-state index in [4.69, 9.17) is 4.74 Å². The van der Waals surface area contributed by atoms with E-state index in [9.17, 15) is 4.79 Å². The summed E-state index contributed by atoms with van der Waals surface area (Å²) in [5, 5.41) is 0.907. The molecule has 2 aliphatic rings. The molecule has 2 aliphatic heterocycles. The minimum atomic E-state index is 0.189. The largest absolute Gasteiger partial charge is 0.378 e. The molecule has 0 saturated carbocycles. The van der Waals surface area contributed by atoms with Gasteiger partial charge in [0.1, 0.15) is 0 Å². The predicted octanol–water partition coefficient (Wildman–Crippen LogP) is 1.94. The van der Waals surface area contributed by atoms with Gasteiger partial charge < -0.3 is 9.64 Å². The first-order valence-electron chi connectivity index (χ1n) is 5.78. The van der Waals surface area contributed by atoms with Crippen molar-refractivity contribution >= 4 is 21.8 Å². The number of halogens is 1. The van der Waals surface area contributed by atoms with Gasteiger partial charge >= 0.3 is 0 Å². The highest BCUT2D eigenvalue weighted by Crippen LogP contribution is 2.22. The van der Waals surface area contributed by atoms with Crippen LogP contribution in [0.3, 0.4) is 0 Å². The van der Waals surface area contributed by atoms with E-state index in [1.54, 1.807) is 0 Å². The summed E-state index contributed by atoms with van der Waals surface area (Å²) in [6.07, 6.45) is 5.23. The Bertz CT molecular complexity index is 229. The molecule has 3 nitrogen and oxygen atoms in total. The van der Waals surface area contributed by atoms with Crippen LogP contribution in [0.1, 0.15) is 32.1 Å². The summed E-state index contributed by atoms with van der Waals surface area (Å²) < 4.78 is 5.49. The van der Waals surface area contributed by atoms with Crippen molar-refractivity contribution in [3.05, 3.63) is 0 Å². The fourth-order valence-electron chi connectivity index (χ4n) is 2.44. The molecule has 2 rings (SSSR count). The van der Waals surface area contributed by atoms with Crippen molar-refractivity contribution < 1.29 is 9.53 Å². The SMILES string of the molecule is O=C(CC1CCCO1)N1CCCC1CBr. The maximum Gasteiger partial charge on any atom is 0.225 e. The van der Waals surface area contributed by atoms with Crippen LogP contribution in [0.15, 0.2) is 0 Å². The molecule has 0 spiro atoms. The van der Waals surface area contributed by atoms with Crippen LogP contribution in [0.2, 0.25) is 0 Å². The molecule has 0 N–H and O–H groups in total. The molecule has 2 fully saturated rings. The molecule has 2 saturated heterocycles. The number of hydrogen-bond donors (Lipinski definition) is 0. The van der Waals surface area contributed by atoms with Gasteiger partial charge in [0.05, 0.1) is 12.5 Å². The summed E-state index contributed by atoms with van der Waals surface area (Å²) in [6.45, 7) is 1.77. The fourth-order valence-corrected chi connectivity index (χ4v) is 3.12. The Morgan fingerprint density at radius 2 is 2.27 bits per heavy atom. The monoisotopic (exact) mass is 275 g/mol. The van der Waals surface area contributed by atoms with E-state index in [1.807, 2.05) is 4.90 Å². The smallest absolute Gasteiger partial charge is 0.225 e. The van der Waals surface area contributed by atoms with Gasteiger partial charge in [-0.15, -0.1) is 0 Å². The van der Waals surface area contributed by atoms with E-state index in [0.29, 0.717) is 12.5 Å². The third-order valence-electron chi connectivity index (χ3n) is 3.30. The van der Waals surface area contributed by atoms with Gasteiger partial charge in [-0.2, -0.15) is 0 Å². The van der Waals surface area contributed by atoms with E-state index in [1.165, 1.54) is 0 Å². The molecule has 0 bridgehead atoms. The van der Waals surface area contributed by atoms with Crippen LogP contribution < -0.4 is 0 Å². The highest BCUT2D eigenvalue weighted by molar-refractivity contribution is 9.09. The second-order valence-electron chi connectivity index (χ2n) is 4.38. The Kier molecular flexibility index (Phi) is 4.03. The van der Waals surface area contributed by atoms with Crippen LogP contribution in [0.25, 0.3) is 0 Å². The second kappa shape index (κ2) is 5.30. The highest BCUT2D eigenvalue weighted by Gasteiger charge is 2.30. The molecule has 2 atom stereocenters. The molecule has 4 heteroatoms. The van der Waals surface area contributed by atoms with Crippen LogP contribution >= 0.6 is 15.9 Å². The van der Waals surface area contributed by atoms with Crippen molar-refractivity contribution in [1.82, 2.24) is 4.90 Å². The molecular formula is C11H18BrNO2. The number of likely N-dealkylation sites (tertiary alicyclic amines) is 1. The molecule has 0 aliphatic carbocycles. The molecule has 0 radical (unpaired) electrons. The van der Waals surface area contributed by atoms with Gasteiger partial charge in [0.2, 0.25) is 5.91 Å². The number of carbonyl (C=O) groups is 1. The zero-order chi connectivity index (χ0) is 10.7. The van der Waals surface area contributed by atoms with Crippen LogP contribution in [-0.2, 0) is 9.53 Å². The molecule has 2 unspecified atom stereocenters. The van der Waals surface area contributed by atoms with E-state index in [0.717, 1.165) is 44.2 Å². The Labute approximate surface area is 99.3 Å². The first-order chi connectivity index (χ1) is 7.31. The van der Waals surface area contributed by atoms with Gasteiger partial charge in [-0.25, -0.2) is 0 Å². The maximum absolute atomic E-state index is 12.0. The van der Waals surface area contributed by atoms with Crippen LogP contribution in [-0.4, -0.2) is 41.4 Å². The lowest BCUT2D eigenvalue weighted by Gasteiger charge is -2.24. The quantitative estimate of drug-likeness (QED) is 0.737. The molecule has 1 amide bonds. The van der Waals surface area contributed by atoms with Crippen molar-refractivity contribution in [3.63, 3.8) is 0 Å². The van der Waals surface area contributed by atoms with Gasteiger partial charge in [-0.1, -0.05) is 15.9 Å². The molecule has 0 aromatic heterocycles. The number of alkyl halides is 1. The second-order valence-corrected chi connectivity index (χ2v) is 5.02. The maximum atomic E-state index is 12.0. The van der Waals surface area contributed by atoms with Crippen molar-refractivity contribution in [2.24, 2.45) is 0 Å². The lowest BCUT2D eigenvalue weighted by molar-refractivity contribution is -0.133. The van der Waals surface area contributed by atoms with Crippen LogP contribution in [0.5, 0.6) is 0 Å². The van der Waals surface area contributed by atoms with Crippen molar-refractivity contribution in [1.29, 1.82) is 0 Å². The summed E-state index contributed by atoms with van der Waals surface area (Å²) in [6, 6.07) is 0.416. The third-order valence-corrected chi connectivity index (χ3v) is 4.05. The van der Waals surface area contributed by atoms with E-state index < -0.39 is 0 Å².